The van der Waals surface area contributed by atoms with Gasteiger partial charge in [-0.15, -0.1) is 11.3 Å². The SMILES string of the molecule is Cc1nc(C)c(Cn2ccnc2-c2ccc(CO)o2)s1. The van der Waals surface area contributed by atoms with Gasteiger partial charge in [-0.25, -0.2) is 9.97 Å². The summed E-state index contributed by atoms with van der Waals surface area (Å²) >= 11 is 1.70. The van der Waals surface area contributed by atoms with E-state index < -0.39 is 0 Å². The number of thiazole rings is 1. The number of furan rings is 1. The molecular formula is C14H15N3O2S. The van der Waals surface area contributed by atoms with Crippen LogP contribution in [0, 0.1) is 13.8 Å². The van der Waals surface area contributed by atoms with Crippen molar-refractivity contribution >= 4 is 11.3 Å². The van der Waals surface area contributed by atoms with Crippen molar-refractivity contribution in [2.45, 2.75) is 27.0 Å². The Labute approximate surface area is 120 Å². The van der Waals surface area contributed by atoms with Crippen molar-refractivity contribution in [3.8, 4) is 11.6 Å². The Morgan fingerprint density at radius 3 is 2.85 bits per heavy atom. The summed E-state index contributed by atoms with van der Waals surface area (Å²) in [6.07, 6.45) is 3.67. The van der Waals surface area contributed by atoms with E-state index >= 15 is 0 Å². The van der Waals surface area contributed by atoms with E-state index in [-0.39, 0.29) is 6.61 Å². The molecule has 0 saturated carbocycles. The summed E-state index contributed by atoms with van der Waals surface area (Å²) in [5, 5.41) is 10.1. The molecule has 0 aromatic carbocycles. The fourth-order valence-electron chi connectivity index (χ4n) is 2.12. The zero-order valence-corrected chi connectivity index (χ0v) is 12.1. The normalized spacial score (nSPS) is 11.2. The van der Waals surface area contributed by atoms with E-state index in [1.165, 1.54) is 4.88 Å². The Morgan fingerprint density at radius 1 is 1.35 bits per heavy atom. The Kier molecular flexibility index (Phi) is 3.42. The van der Waals surface area contributed by atoms with Crippen LogP contribution in [0.2, 0.25) is 0 Å². The van der Waals surface area contributed by atoms with E-state index in [0.29, 0.717) is 11.5 Å². The topological polar surface area (TPSA) is 64.1 Å². The van der Waals surface area contributed by atoms with Crippen LogP contribution in [-0.4, -0.2) is 19.6 Å². The molecule has 0 fully saturated rings. The molecule has 0 unspecified atom stereocenters. The van der Waals surface area contributed by atoms with Crippen LogP contribution in [-0.2, 0) is 13.2 Å². The van der Waals surface area contributed by atoms with Gasteiger partial charge in [-0.2, -0.15) is 0 Å². The first kappa shape index (κ1) is 13.1. The minimum atomic E-state index is -0.103. The quantitative estimate of drug-likeness (QED) is 0.802. The van der Waals surface area contributed by atoms with Gasteiger partial charge in [-0.3, -0.25) is 0 Å². The monoisotopic (exact) mass is 289 g/mol. The van der Waals surface area contributed by atoms with Crippen LogP contribution >= 0.6 is 11.3 Å². The van der Waals surface area contributed by atoms with Crippen LogP contribution in [0.4, 0.5) is 0 Å². The van der Waals surface area contributed by atoms with Gasteiger partial charge in [-0.05, 0) is 26.0 Å². The average molecular weight is 289 g/mol. The van der Waals surface area contributed by atoms with Gasteiger partial charge in [0.25, 0.3) is 0 Å². The first-order valence-corrected chi connectivity index (χ1v) is 7.13. The lowest BCUT2D eigenvalue weighted by Gasteiger charge is -2.04. The lowest BCUT2D eigenvalue weighted by atomic mass is 10.3. The minimum absolute atomic E-state index is 0.103. The summed E-state index contributed by atoms with van der Waals surface area (Å²) in [6.45, 7) is 4.65. The molecule has 1 N–H and O–H groups in total. The van der Waals surface area contributed by atoms with E-state index in [2.05, 4.69) is 9.97 Å². The summed E-state index contributed by atoms with van der Waals surface area (Å²) in [4.78, 5) is 10.00. The molecule has 6 heteroatoms. The number of rotatable bonds is 4. The fraction of sp³-hybridized carbons (Fsp3) is 0.286. The van der Waals surface area contributed by atoms with Gasteiger partial charge in [0.05, 0.1) is 17.2 Å². The lowest BCUT2D eigenvalue weighted by molar-refractivity contribution is 0.248. The van der Waals surface area contributed by atoms with Crippen molar-refractivity contribution in [3.05, 3.63) is 45.9 Å². The molecule has 0 aliphatic carbocycles. The van der Waals surface area contributed by atoms with Gasteiger partial charge in [0.2, 0.25) is 0 Å². The predicted octanol–water partition coefficient (Wildman–Crippen LogP) is 2.76. The zero-order chi connectivity index (χ0) is 14.1. The number of aryl methyl sites for hydroxylation is 2. The highest BCUT2D eigenvalue weighted by atomic mass is 32.1. The van der Waals surface area contributed by atoms with Crippen LogP contribution in [0.1, 0.15) is 21.3 Å². The van der Waals surface area contributed by atoms with Crippen molar-refractivity contribution in [1.29, 1.82) is 0 Å². The van der Waals surface area contributed by atoms with Crippen LogP contribution < -0.4 is 0 Å². The van der Waals surface area contributed by atoms with Crippen LogP contribution in [0.15, 0.2) is 28.9 Å². The van der Waals surface area contributed by atoms with E-state index in [0.717, 1.165) is 23.1 Å². The highest BCUT2D eigenvalue weighted by Crippen LogP contribution is 2.24. The molecule has 3 aromatic heterocycles. The molecule has 0 amide bonds. The molecule has 3 heterocycles. The molecule has 0 atom stereocenters. The van der Waals surface area contributed by atoms with E-state index in [4.69, 9.17) is 9.52 Å². The minimum Gasteiger partial charge on any atom is -0.455 e. The Hall–Kier alpha value is -1.92. The van der Waals surface area contributed by atoms with Crippen LogP contribution in [0.3, 0.4) is 0 Å². The van der Waals surface area contributed by atoms with E-state index in [1.54, 1.807) is 23.6 Å². The highest BCUT2D eigenvalue weighted by Gasteiger charge is 2.13. The zero-order valence-electron chi connectivity index (χ0n) is 11.3. The third-order valence-electron chi connectivity index (χ3n) is 3.07. The molecule has 0 aliphatic rings. The molecule has 20 heavy (non-hydrogen) atoms. The number of hydrogen-bond acceptors (Lipinski definition) is 5. The van der Waals surface area contributed by atoms with Gasteiger partial charge in [0, 0.05) is 17.3 Å². The van der Waals surface area contributed by atoms with Crippen LogP contribution in [0.25, 0.3) is 11.6 Å². The van der Waals surface area contributed by atoms with Crippen molar-refractivity contribution in [3.63, 3.8) is 0 Å². The predicted molar refractivity (Wildman–Crippen MR) is 76.5 cm³/mol. The van der Waals surface area contributed by atoms with Gasteiger partial charge >= 0.3 is 0 Å². The fourth-order valence-corrected chi connectivity index (χ4v) is 3.06. The maximum atomic E-state index is 9.06. The number of hydrogen-bond donors (Lipinski definition) is 1. The first-order valence-electron chi connectivity index (χ1n) is 6.31. The summed E-state index contributed by atoms with van der Waals surface area (Å²) < 4.78 is 7.57. The van der Waals surface area contributed by atoms with Crippen molar-refractivity contribution in [2.24, 2.45) is 0 Å². The summed E-state index contributed by atoms with van der Waals surface area (Å²) in [5.41, 5.74) is 1.06. The lowest BCUT2D eigenvalue weighted by Crippen LogP contribution is -2.00. The average Bonchev–Trinajstić information content (AvgIpc) is 3.10. The second-order valence-electron chi connectivity index (χ2n) is 4.54. The smallest absolute Gasteiger partial charge is 0.176 e. The summed E-state index contributed by atoms with van der Waals surface area (Å²) in [5.74, 6) is 1.97. The third-order valence-corrected chi connectivity index (χ3v) is 4.12. The van der Waals surface area contributed by atoms with Crippen molar-refractivity contribution in [2.75, 3.05) is 0 Å². The van der Waals surface area contributed by atoms with Crippen molar-refractivity contribution < 1.29 is 9.52 Å². The molecule has 0 spiro atoms. The number of aromatic nitrogens is 3. The number of aliphatic hydroxyl groups is 1. The Bertz CT molecular complexity index is 726. The maximum Gasteiger partial charge on any atom is 0.176 e. The number of nitrogens with zero attached hydrogens (tertiary/aromatic N) is 3. The van der Waals surface area contributed by atoms with E-state index in [1.807, 2.05) is 30.7 Å². The van der Waals surface area contributed by atoms with E-state index in [9.17, 15) is 0 Å². The summed E-state index contributed by atoms with van der Waals surface area (Å²) in [6, 6.07) is 3.59. The van der Waals surface area contributed by atoms with Gasteiger partial charge in [0.15, 0.2) is 11.6 Å². The molecule has 0 aliphatic heterocycles. The second-order valence-corrected chi connectivity index (χ2v) is 5.83. The number of aliphatic hydroxyl groups excluding tert-OH is 1. The maximum absolute atomic E-state index is 9.06. The second kappa shape index (κ2) is 5.22. The van der Waals surface area contributed by atoms with Crippen molar-refractivity contribution in [1.82, 2.24) is 14.5 Å². The molecule has 5 nitrogen and oxygen atoms in total. The molecule has 3 rings (SSSR count). The molecule has 104 valence electrons. The largest absolute Gasteiger partial charge is 0.455 e. The Morgan fingerprint density at radius 2 is 2.20 bits per heavy atom. The molecule has 3 aromatic rings. The van der Waals surface area contributed by atoms with Crippen LogP contribution in [0.5, 0.6) is 0 Å². The van der Waals surface area contributed by atoms with Gasteiger partial charge < -0.3 is 14.1 Å². The first-order chi connectivity index (χ1) is 9.67. The highest BCUT2D eigenvalue weighted by molar-refractivity contribution is 7.11. The molecule has 0 saturated heterocycles. The van der Waals surface area contributed by atoms with Gasteiger partial charge in [-0.1, -0.05) is 0 Å². The molecule has 0 radical (unpaired) electrons. The third kappa shape index (κ3) is 2.39. The van der Waals surface area contributed by atoms with Gasteiger partial charge in [0.1, 0.15) is 12.4 Å². The standard InChI is InChI=1S/C14H15N3O2S/c1-9-13(20-10(2)16-9)7-17-6-5-15-14(17)12-4-3-11(8-18)19-12/h3-6,18H,7-8H2,1-2H3. The molecule has 0 bridgehead atoms. The number of imidazole rings is 1. The Balaban J connectivity index is 1.92. The molecular weight excluding hydrogens is 274 g/mol. The summed E-state index contributed by atoms with van der Waals surface area (Å²) in [7, 11) is 0.